The quantitative estimate of drug-likeness (QED) is 0.459. The molecule has 0 amide bonds. The summed E-state index contributed by atoms with van der Waals surface area (Å²) in [7, 11) is 0. The van der Waals surface area contributed by atoms with Crippen LogP contribution in [0.1, 0.15) is 6.23 Å². The molecule has 9 nitrogen and oxygen atoms in total. The van der Waals surface area contributed by atoms with Gasteiger partial charge in [0.2, 0.25) is 0 Å². The van der Waals surface area contributed by atoms with Gasteiger partial charge in [0.15, 0.2) is 17.7 Å². The van der Waals surface area contributed by atoms with Crippen molar-refractivity contribution >= 4 is 17.0 Å². The number of nitrogens with zero attached hydrogens (tertiary/aromatic N) is 4. The van der Waals surface area contributed by atoms with Crippen molar-refractivity contribution in [2.45, 2.75) is 24.5 Å². The first-order valence-corrected chi connectivity index (χ1v) is 5.69. The fourth-order valence-electron chi connectivity index (χ4n) is 2.17. The van der Waals surface area contributed by atoms with Gasteiger partial charge in [0.1, 0.15) is 30.2 Å². The van der Waals surface area contributed by atoms with Crippen molar-refractivity contribution in [3.63, 3.8) is 0 Å². The molecule has 0 bridgehead atoms. The van der Waals surface area contributed by atoms with Crippen LogP contribution in [-0.2, 0) is 4.74 Å². The number of hydrogen-bond acceptors (Lipinski definition) is 8. The van der Waals surface area contributed by atoms with Gasteiger partial charge < -0.3 is 25.8 Å². The van der Waals surface area contributed by atoms with Crippen LogP contribution < -0.4 is 5.73 Å². The summed E-state index contributed by atoms with van der Waals surface area (Å²) in [5.74, 6) is 0.218. The summed E-state index contributed by atoms with van der Waals surface area (Å²) < 4.78 is 6.85. The van der Waals surface area contributed by atoms with E-state index in [9.17, 15) is 10.2 Å². The summed E-state index contributed by atoms with van der Waals surface area (Å²) in [5, 5.41) is 28.7. The number of imidazole rings is 1. The highest BCUT2D eigenvalue weighted by molar-refractivity contribution is 5.81. The summed E-state index contributed by atoms with van der Waals surface area (Å²) in [6.07, 6.45) is -1.42. The van der Waals surface area contributed by atoms with Crippen LogP contribution in [0.15, 0.2) is 12.7 Å². The number of fused-ring (bicyclic) bond motifs is 1. The monoisotopic (exact) mass is 268 g/mol. The lowest BCUT2D eigenvalue weighted by atomic mass is 10.1. The highest BCUT2D eigenvalue weighted by Gasteiger charge is 2.43. The van der Waals surface area contributed by atoms with Crippen LogP contribution in [0, 0.1) is 0 Å². The molecule has 4 atom stereocenters. The van der Waals surface area contributed by atoms with Crippen LogP contribution >= 0.6 is 0 Å². The molecule has 0 spiro atoms. The molecule has 1 aliphatic rings. The molecule has 5 N–H and O–H groups in total. The third-order valence-corrected chi connectivity index (χ3v) is 3.18. The van der Waals surface area contributed by atoms with Crippen LogP contribution in [0.3, 0.4) is 0 Å². The van der Waals surface area contributed by atoms with Gasteiger partial charge in [-0.3, -0.25) is 4.57 Å². The molecule has 9 heteroatoms. The molecular weight excluding hydrogens is 255 g/mol. The van der Waals surface area contributed by atoms with E-state index in [0.29, 0.717) is 11.2 Å². The van der Waals surface area contributed by atoms with Crippen LogP contribution in [0.5, 0.6) is 0 Å². The molecule has 1 fully saturated rings. The number of nitrogens with two attached hydrogens (primary N) is 1. The van der Waals surface area contributed by atoms with Gasteiger partial charge in [-0.1, -0.05) is 0 Å². The van der Waals surface area contributed by atoms with E-state index in [1.54, 1.807) is 0 Å². The van der Waals surface area contributed by atoms with E-state index < -0.39 is 31.1 Å². The Kier molecular flexibility index (Phi) is 2.82. The predicted molar refractivity (Wildman–Crippen MR) is 62.7 cm³/mol. The molecule has 3 heterocycles. The maximum Gasteiger partial charge on any atom is 0.167 e. The van der Waals surface area contributed by atoms with Crippen molar-refractivity contribution in [3.8, 4) is 0 Å². The first kappa shape index (κ1) is 12.2. The molecule has 0 radical (unpaired) electrons. The van der Waals surface area contributed by atoms with Gasteiger partial charge in [-0.15, -0.1) is 0 Å². The molecule has 2 aromatic rings. The number of aromatic nitrogens is 4. The van der Waals surface area contributed by atoms with Gasteiger partial charge in [-0.05, 0) is 0 Å². The lowest BCUT2D eigenvalue weighted by Gasteiger charge is -2.16. The number of hydrogen-bond donors (Lipinski definition) is 4. The molecule has 19 heavy (non-hydrogen) atoms. The van der Waals surface area contributed by atoms with Crippen molar-refractivity contribution in [2.75, 3.05) is 12.3 Å². The Balaban J connectivity index is 2.04. The van der Waals surface area contributed by atoms with Crippen molar-refractivity contribution in [2.24, 2.45) is 0 Å². The maximum absolute atomic E-state index is 9.95. The predicted octanol–water partition coefficient (Wildman–Crippen LogP) is -1.98. The first-order valence-electron chi connectivity index (χ1n) is 5.69. The second-order valence-electron chi connectivity index (χ2n) is 4.31. The van der Waals surface area contributed by atoms with Gasteiger partial charge >= 0.3 is 0 Å². The van der Waals surface area contributed by atoms with E-state index in [1.807, 2.05) is 0 Å². The van der Waals surface area contributed by atoms with Crippen molar-refractivity contribution in [3.05, 3.63) is 12.7 Å². The van der Waals surface area contributed by atoms with E-state index in [1.165, 1.54) is 17.2 Å². The fourth-order valence-corrected chi connectivity index (χ4v) is 2.17. The largest absolute Gasteiger partial charge is 0.394 e. The molecule has 1 aliphatic heterocycles. The zero-order chi connectivity index (χ0) is 13.6. The Hall–Kier alpha value is -1.81. The average molecular weight is 268 g/mol. The van der Waals surface area contributed by atoms with Crippen LogP contribution in [0.2, 0.25) is 0 Å². The average Bonchev–Trinajstić information content (AvgIpc) is 2.94. The minimum atomic E-state index is -1.19. The number of rotatable bonds is 2. The van der Waals surface area contributed by atoms with Crippen molar-refractivity contribution in [1.29, 1.82) is 0 Å². The minimum Gasteiger partial charge on any atom is -0.394 e. The highest BCUT2D eigenvalue weighted by atomic mass is 16.6. The molecule has 102 valence electrons. The standard InChI is InChI=1S/C10H13N5O4/c11-8-5-9(13-2-12-8)15(3-14-5)10-7(18)6(17)4(1-16)19-10/h2-4,6-7,10,16-18H,1H2,(H2,11,12,13)/t4-,6-,7-,10-/m1/s1/i11+1. The van der Waals surface area contributed by atoms with Crippen molar-refractivity contribution < 1.29 is 20.1 Å². The molecule has 3 rings (SSSR count). The number of ether oxygens (including phenoxy) is 1. The SMILES string of the molecule is [15NH2]c1ncnc2c1ncn2[C@@H]1O[C@H](CO)[C@@H](O)[C@H]1O. The molecule has 0 saturated carbocycles. The Bertz CT molecular complexity index is 603. The molecule has 0 aliphatic carbocycles. The highest BCUT2D eigenvalue weighted by Crippen LogP contribution is 2.31. The second-order valence-corrected chi connectivity index (χ2v) is 4.31. The van der Waals surface area contributed by atoms with Crippen molar-refractivity contribution in [1.82, 2.24) is 19.5 Å². The van der Waals surface area contributed by atoms with Gasteiger partial charge in [0, 0.05) is 0 Å². The van der Waals surface area contributed by atoms with Crippen LogP contribution in [0.4, 0.5) is 5.82 Å². The van der Waals surface area contributed by atoms with Crippen LogP contribution in [0.25, 0.3) is 11.2 Å². The topological polar surface area (TPSA) is 140 Å². The zero-order valence-corrected chi connectivity index (χ0v) is 9.79. The Labute approximate surface area is 107 Å². The normalized spacial score (nSPS) is 31.1. The summed E-state index contributed by atoms with van der Waals surface area (Å²) in [5.41, 5.74) is 6.44. The third-order valence-electron chi connectivity index (χ3n) is 3.18. The zero-order valence-electron chi connectivity index (χ0n) is 9.79. The Morgan fingerprint density at radius 3 is 2.74 bits per heavy atom. The van der Waals surface area contributed by atoms with E-state index >= 15 is 0 Å². The Morgan fingerprint density at radius 2 is 2.05 bits per heavy atom. The second kappa shape index (κ2) is 4.38. The van der Waals surface area contributed by atoms with Gasteiger partial charge in [0.05, 0.1) is 12.9 Å². The first-order chi connectivity index (χ1) is 9.13. The van der Waals surface area contributed by atoms with E-state index in [-0.39, 0.29) is 5.82 Å². The van der Waals surface area contributed by atoms with Gasteiger partial charge in [-0.2, -0.15) is 0 Å². The van der Waals surface area contributed by atoms with Crippen LogP contribution in [-0.4, -0.2) is 59.8 Å². The Morgan fingerprint density at radius 1 is 1.26 bits per heavy atom. The molecule has 0 aromatic carbocycles. The molecular formula is C10H13N5O4. The minimum absolute atomic E-state index is 0.218. The molecule has 1 saturated heterocycles. The lowest BCUT2D eigenvalue weighted by Crippen LogP contribution is -2.33. The number of nitrogen functional groups attached to an aromatic ring is 1. The number of aliphatic hydroxyl groups excluding tert-OH is 3. The summed E-state index contributed by atoms with van der Waals surface area (Å²) >= 11 is 0. The summed E-state index contributed by atoms with van der Waals surface area (Å²) in [6, 6.07) is 0. The molecule has 0 unspecified atom stereocenters. The van der Waals surface area contributed by atoms with E-state index in [0.717, 1.165) is 0 Å². The number of aliphatic hydroxyl groups is 3. The van der Waals surface area contributed by atoms with E-state index in [2.05, 4.69) is 15.0 Å². The van der Waals surface area contributed by atoms with Gasteiger partial charge in [-0.25, -0.2) is 15.0 Å². The fraction of sp³-hybridized carbons (Fsp3) is 0.500. The summed E-state index contributed by atoms with van der Waals surface area (Å²) in [6.45, 7) is -0.390. The third kappa shape index (κ3) is 1.75. The van der Waals surface area contributed by atoms with Gasteiger partial charge in [0.25, 0.3) is 0 Å². The lowest BCUT2D eigenvalue weighted by molar-refractivity contribution is -0.0511. The smallest absolute Gasteiger partial charge is 0.167 e. The van der Waals surface area contributed by atoms with E-state index in [4.69, 9.17) is 15.6 Å². The number of anilines is 1. The summed E-state index contributed by atoms with van der Waals surface area (Å²) in [4.78, 5) is 11.9. The molecule has 2 aromatic heterocycles. The maximum atomic E-state index is 9.95.